The van der Waals surface area contributed by atoms with Crippen LogP contribution < -0.4 is 0 Å². The Hall–Kier alpha value is -1.54. The van der Waals surface area contributed by atoms with Gasteiger partial charge in [0.15, 0.2) is 0 Å². The molecule has 0 aromatic rings. The molecule has 0 aliphatic carbocycles. The van der Waals surface area contributed by atoms with Crippen LogP contribution in [-0.4, -0.2) is 82.8 Å². The fourth-order valence-corrected chi connectivity index (χ4v) is 1.94. The molecule has 0 fully saturated rings. The zero-order valence-electron chi connectivity index (χ0n) is 16.4. The molecule has 0 aromatic carbocycles. The zero-order valence-corrected chi connectivity index (χ0v) is 16.4. The maximum Gasteiger partial charge on any atom is 0.410 e. The Morgan fingerprint density at radius 2 is 1.04 bits per heavy atom. The van der Waals surface area contributed by atoms with Crippen LogP contribution in [0.15, 0.2) is 0 Å². The second kappa shape index (κ2) is 10.5. The van der Waals surface area contributed by atoms with Gasteiger partial charge in [0.1, 0.15) is 11.2 Å². The van der Waals surface area contributed by atoms with Gasteiger partial charge in [-0.2, -0.15) is 0 Å². The van der Waals surface area contributed by atoms with Crippen LogP contribution in [0.25, 0.3) is 0 Å². The van der Waals surface area contributed by atoms with E-state index < -0.39 is 23.4 Å². The van der Waals surface area contributed by atoms with Crippen molar-refractivity contribution in [3.63, 3.8) is 0 Å². The van der Waals surface area contributed by atoms with E-state index in [9.17, 15) is 9.59 Å². The first-order chi connectivity index (χ1) is 11.4. The fourth-order valence-electron chi connectivity index (χ4n) is 1.94. The second-order valence-electron chi connectivity index (χ2n) is 7.74. The van der Waals surface area contributed by atoms with Crippen LogP contribution in [0.5, 0.6) is 0 Å². The average Bonchev–Trinajstić information content (AvgIpc) is 2.41. The van der Waals surface area contributed by atoms with Gasteiger partial charge in [-0.15, -0.1) is 0 Å². The fraction of sp³-hybridized carbons (Fsp3) is 0.882. The largest absolute Gasteiger partial charge is 0.444 e. The van der Waals surface area contributed by atoms with Gasteiger partial charge in [-0.1, -0.05) is 0 Å². The van der Waals surface area contributed by atoms with Gasteiger partial charge in [-0.05, 0) is 48.0 Å². The summed E-state index contributed by atoms with van der Waals surface area (Å²) in [5.74, 6) is 0. The summed E-state index contributed by atoms with van der Waals surface area (Å²) in [4.78, 5) is 27.0. The molecular weight excluding hydrogens is 328 g/mol. The summed E-state index contributed by atoms with van der Waals surface area (Å²) in [6.45, 7) is 11.2. The van der Waals surface area contributed by atoms with Crippen molar-refractivity contribution in [3.05, 3.63) is 0 Å². The van der Waals surface area contributed by atoms with E-state index in [1.54, 1.807) is 41.5 Å². The van der Waals surface area contributed by atoms with Gasteiger partial charge in [0, 0.05) is 26.2 Å². The molecule has 8 heteroatoms. The van der Waals surface area contributed by atoms with Crippen molar-refractivity contribution >= 4 is 12.2 Å². The molecule has 0 radical (unpaired) electrons. The van der Waals surface area contributed by atoms with Crippen molar-refractivity contribution in [2.75, 3.05) is 39.4 Å². The van der Waals surface area contributed by atoms with Gasteiger partial charge in [0.25, 0.3) is 0 Å². The smallest absolute Gasteiger partial charge is 0.410 e. The number of amides is 2. The third-order valence-electron chi connectivity index (χ3n) is 2.90. The summed E-state index contributed by atoms with van der Waals surface area (Å²) < 4.78 is 10.6. The van der Waals surface area contributed by atoms with E-state index in [0.29, 0.717) is 19.5 Å². The molecule has 0 bridgehead atoms. The van der Waals surface area contributed by atoms with Crippen LogP contribution in [0.2, 0.25) is 0 Å². The monoisotopic (exact) mass is 362 g/mol. The van der Waals surface area contributed by atoms with Crippen LogP contribution in [-0.2, 0) is 9.47 Å². The van der Waals surface area contributed by atoms with E-state index in [1.165, 1.54) is 9.80 Å². The predicted octanol–water partition coefficient (Wildman–Crippen LogP) is 1.84. The van der Waals surface area contributed by atoms with Gasteiger partial charge in [-0.25, -0.2) is 9.59 Å². The predicted molar refractivity (Wildman–Crippen MR) is 94.4 cm³/mol. The van der Waals surface area contributed by atoms with Crippen LogP contribution in [0.3, 0.4) is 0 Å². The number of nitrogens with zero attached hydrogens (tertiary/aromatic N) is 2. The van der Waals surface area contributed by atoms with E-state index >= 15 is 0 Å². The number of carbonyl (C=O) groups excluding carboxylic acids is 2. The van der Waals surface area contributed by atoms with Crippen molar-refractivity contribution in [2.24, 2.45) is 0 Å². The summed E-state index contributed by atoms with van der Waals surface area (Å²) in [5, 5.41) is 18.3. The third-order valence-corrected chi connectivity index (χ3v) is 2.90. The standard InChI is InChI=1S/C17H34N2O6/c1-16(2,3)24-14(22)18(10-12-20)8-7-9-19(11-13-21)15(23)25-17(4,5)6/h20-21H,7-13H2,1-6H3. The third kappa shape index (κ3) is 11.6. The summed E-state index contributed by atoms with van der Waals surface area (Å²) in [7, 11) is 0. The Balaban J connectivity index is 4.64. The summed E-state index contributed by atoms with van der Waals surface area (Å²) in [6.07, 6.45) is -0.543. The molecule has 25 heavy (non-hydrogen) atoms. The molecule has 0 unspecified atom stereocenters. The molecule has 0 atom stereocenters. The molecule has 0 heterocycles. The van der Waals surface area contributed by atoms with Gasteiger partial charge in [-0.3, -0.25) is 0 Å². The van der Waals surface area contributed by atoms with Gasteiger partial charge >= 0.3 is 12.2 Å². The van der Waals surface area contributed by atoms with Crippen molar-refractivity contribution in [1.82, 2.24) is 9.80 Å². The van der Waals surface area contributed by atoms with E-state index in [4.69, 9.17) is 19.7 Å². The molecule has 2 amide bonds. The van der Waals surface area contributed by atoms with E-state index in [-0.39, 0.29) is 26.3 Å². The molecule has 8 nitrogen and oxygen atoms in total. The lowest BCUT2D eigenvalue weighted by Crippen LogP contribution is -2.42. The highest BCUT2D eigenvalue weighted by atomic mass is 16.6. The molecular formula is C17H34N2O6. The lowest BCUT2D eigenvalue weighted by molar-refractivity contribution is 0.0169. The SMILES string of the molecule is CC(C)(C)OC(=O)N(CCO)CCCN(CCO)C(=O)OC(C)(C)C. The topological polar surface area (TPSA) is 99.5 Å². The maximum absolute atomic E-state index is 12.1. The Morgan fingerprint density at radius 1 is 0.720 bits per heavy atom. The highest BCUT2D eigenvalue weighted by Gasteiger charge is 2.24. The summed E-state index contributed by atoms with van der Waals surface area (Å²) in [6, 6.07) is 0. The molecule has 0 spiro atoms. The van der Waals surface area contributed by atoms with E-state index in [1.807, 2.05) is 0 Å². The molecule has 0 aliphatic rings. The van der Waals surface area contributed by atoms with Crippen LogP contribution in [0.1, 0.15) is 48.0 Å². The molecule has 2 N–H and O–H groups in total. The normalized spacial score (nSPS) is 11.8. The van der Waals surface area contributed by atoms with Crippen molar-refractivity contribution in [2.45, 2.75) is 59.2 Å². The first-order valence-electron chi connectivity index (χ1n) is 8.57. The lowest BCUT2D eigenvalue weighted by atomic mass is 10.2. The molecule has 0 rings (SSSR count). The van der Waals surface area contributed by atoms with Gasteiger partial charge in [0.05, 0.1) is 13.2 Å². The Kier molecular flexibility index (Phi) is 9.81. The number of aliphatic hydroxyl groups is 2. The summed E-state index contributed by atoms with van der Waals surface area (Å²) in [5.41, 5.74) is -1.24. The molecule has 0 saturated carbocycles. The van der Waals surface area contributed by atoms with Crippen molar-refractivity contribution < 1.29 is 29.3 Å². The average molecular weight is 362 g/mol. The van der Waals surface area contributed by atoms with Crippen molar-refractivity contribution in [3.8, 4) is 0 Å². The first kappa shape index (κ1) is 23.5. The Bertz CT molecular complexity index is 376. The molecule has 148 valence electrons. The number of hydrogen-bond donors (Lipinski definition) is 2. The van der Waals surface area contributed by atoms with Crippen LogP contribution in [0.4, 0.5) is 9.59 Å². The maximum atomic E-state index is 12.1. The number of carbonyl (C=O) groups is 2. The Morgan fingerprint density at radius 3 is 1.28 bits per heavy atom. The molecule has 0 aliphatic heterocycles. The van der Waals surface area contributed by atoms with Gasteiger partial charge < -0.3 is 29.5 Å². The Labute approximate surface area is 150 Å². The number of hydrogen-bond acceptors (Lipinski definition) is 6. The lowest BCUT2D eigenvalue weighted by Gasteiger charge is -2.29. The number of ether oxygens (including phenoxy) is 2. The van der Waals surface area contributed by atoms with Crippen LogP contribution >= 0.6 is 0 Å². The highest BCUT2D eigenvalue weighted by Crippen LogP contribution is 2.12. The van der Waals surface area contributed by atoms with Crippen molar-refractivity contribution in [1.29, 1.82) is 0 Å². The number of rotatable bonds is 8. The minimum Gasteiger partial charge on any atom is -0.444 e. The van der Waals surface area contributed by atoms with E-state index in [0.717, 1.165) is 0 Å². The van der Waals surface area contributed by atoms with Gasteiger partial charge in [0.2, 0.25) is 0 Å². The minimum absolute atomic E-state index is 0.154. The van der Waals surface area contributed by atoms with E-state index in [2.05, 4.69) is 0 Å². The highest BCUT2D eigenvalue weighted by molar-refractivity contribution is 5.68. The first-order valence-corrected chi connectivity index (χ1v) is 8.57. The second-order valence-corrected chi connectivity index (χ2v) is 7.74. The zero-order chi connectivity index (χ0) is 19.7. The minimum atomic E-state index is -0.621. The number of aliphatic hydroxyl groups excluding tert-OH is 2. The molecule has 0 saturated heterocycles. The summed E-state index contributed by atoms with van der Waals surface area (Å²) >= 11 is 0. The van der Waals surface area contributed by atoms with Crippen LogP contribution in [0, 0.1) is 0 Å². The molecule has 0 aromatic heterocycles. The quantitative estimate of drug-likeness (QED) is 0.683.